The summed E-state index contributed by atoms with van der Waals surface area (Å²) in [6.45, 7) is 0.302. The van der Waals surface area contributed by atoms with Crippen LogP contribution in [-0.4, -0.2) is 17.7 Å². The second-order valence-electron chi connectivity index (χ2n) is 4.98. The Balaban J connectivity index is 1.54. The Hall–Kier alpha value is -3.35. The van der Waals surface area contributed by atoms with Gasteiger partial charge in [-0.15, -0.1) is 0 Å². The molecule has 0 unspecified atom stereocenters. The van der Waals surface area contributed by atoms with E-state index >= 15 is 0 Å². The maximum atomic E-state index is 11.7. The van der Waals surface area contributed by atoms with Gasteiger partial charge in [-0.05, 0) is 41.5 Å². The molecule has 0 atom stereocenters. The van der Waals surface area contributed by atoms with E-state index < -0.39 is 10.9 Å². The van der Waals surface area contributed by atoms with E-state index in [2.05, 4.69) is 0 Å². The minimum atomic E-state index is -0.508. The Bertz CT molecular complexity index is 797. The number of rotatable bonds is 5. The predicted octanol–water partition coefficient (Wildman–Crippen LogP) is 3.08. The van der Waals surface area contributed by atoms with Crippen LogP contribution in [0.1, 0.15) is 11.1 Å². The van der Waals surface area contributed by atoms with E-state index in [1.54, 1.807) is 30.3 Å². The van der Waals surface area contributed by atoms with Gasteiger partial charge in [0.1, 0.15) is 6.61 Å². The van der Waals surface area contributed by atoms with Crippen molar-refractivity contribution in [2.24, 2.45) is 0 Å². The molecular weight excluding hydrogens is 314 g/mol. The Morgan fingerprint density at radius 2 is 1.92 bits per heavy atom. The van der Waals surface area contributed by atoms with Gasteiger partial charge in [0.25, 0.3) is 5.69 Å². The number of nitro groups is 1. The van der Waals surface area contributed by atoms with E-state index in [4.69, 9.17) is 14.2 Å². The summed E-state index contributed by atoms with van der Waals surface area (Å²) in [6, 6.07) is 11.2. The Morgan fingerprint density at radius 1 is 1.17 bits per heavy atom. The second-order valence-corrected chi connectivity index (χ2v) is 4.98. The van der Waals surface area contributed by atoms with Gasteiger partial charge in [-0.3, -0.25) is 10.1 Å². The fraction of sp³-hybridized carbons (Fsp3) is 0.118. The van der Waals surface area contributed by atoms with E-state index in [1.807, 2.05) is 0 Å². The number of non-ortho nitro benzene ring substituents is 1. The summed E-state index contributed by atoms with van der Waals surface area (Å²) in [7, 11) is 0. The maximum Gasteiger partial charge on any atom is 0.331 e. The Labute approximate surface area is 137 Å². The molecule has 2 aromatic rings. The van der Waals surface area contributed by atoms with Gasteiger partial charge in [-0.2, -0.15) is 0 Å². The van der Waals surface area contributed by atoms with Crippen LogP contribution >= 0.6 is 0 Å². The van der Waals surface area contributed by atoms with Crippen LogP contribution in [0.25, 0.3) is 6.08 Å². The lowest BCUT2D eigenvalue weighted by atomic mass is 10.2. The molecule has 0 saturated carbocycles. The van der Waals surface area contributed by atoms with Crippen molar-refractivity contribution in [3.05, 3.63) is 69.8 Å². The van der Waals surface area contributed by atoms with Crippen molar-refractivity contribution in [3.8, 4) is 11.5 Å². The van der Waals surface area contributed by atoms with Gasteiger partial charge in [0.15, 0.2) is 11.5 Å². The highest BCUT2D eigenvalue weighted by molar-refractivity contribution is 5.87. The van der Waals surface area contributed by atoms with E-state index in [0.717, 1.165) is 5.56 Å². The molecule has 0 aromatic heterocycles. The zero-order valence-electron chi connectivity index (χ0n) is 12.5. The van der Waals surface area contributed by atoms with Crippen LogP contribution in [0.3, 0.4) is 0 Å². The van der Waals surface area contributed by atoms with Crippen LogP contribution in [0.2, 0.25) is 0 Å². The number of benzene rings is 2. The van der Waals surface area contributed by atoms with Crippen LogP contribution in [0, 0.1) is 10.1 Å². The van der Waals surface area contributed by atoms with E-state index in [0.29, 0.717) is 17.1 Å². The van der Waals surface area contributed by atoms with Gasteiger partial charge in [0.2, 0.25) is 6.79 Å². The van der Waals surface area contributed by atoms with Crippen LogP contribution in [0.5, 0.6) is 11.5 Å². The van der Waals surface area contributed by atoms with Gasteiger partial charge >= 0.3 is 5.97 Å². The minimum Gasteiger partial charge on any atom is -0.458 e. The molecule has 0 saturated heterocycles. The summed E-state index contributed by atoms with van der Waals surface area (Å²) < 4.78 is 15.6. The van der Waals surface area contributed by atoms with Crippen LogP contribution < -0.4 is 9.47 Å². The van der Waals surface area contributed by atoms with Crippen molar-refractivity contribution in [2.75, 3.05) is 6.79 Å². The molecule has 7 heteroatoms. The second kappa shape index (κ2) is 6.82. The fourth-order valence-corrected chi connectivity index (χ4v) is 2.10. The largest absolute Gasteiger partial charge is 0.458 e. The number of hydrogen-bond acceptors (Lipinski definition) is 6. The molecule has 2 aromatic carbocycles. The summed E-state index contributed by atoms with van der Waals surface area (Å²) in [4.78, 5) is 21.8. The van der Waals surface area contributed by atoms with Crippen molar-refractivity contribution >= 4 is 17.7 Å². The monoisotopic (exact) mass is 327 g/mol. The quantitative estimate of drug-likeness (QED) is 0.363. The standard InChI is InChI=1S/C17H13NO6/c19-17(8-4-12-1-5-14(6-2-12)18(20)21)22-10-13-3-7-15-16(9-13)24-11-23-15/h1-9H,10-11H2/b8-4+. The zero-order chi connectivity index (χ0) is 16.9. The first-order valence-electron chi connectivity index (χ1n) is 7.09. The molecule has 1 aliphatic rings. The van der Waals surface area contributed by atoms with Crippen molar-refractivity contribution < 1.29 is 23.9 Å². The van der Waals surface area contributed by atoms with Crippen LogP contribution in [-0.2, 0) is 16.1 Å². The first-order chi connectivity index (χ1) is 11.6. The van der Waals surface area contributed by atoms with Crippen molar-refractivity contribution in [2.45, 2.75) is 6.61 Å². The molecule has 3 rings (SSSR count). The SMILES string of the molecule is O=C(/C=C/c1ccc([N+](=O)[O-])cc1)OCc1ccc2c(c1)OCO2. The molecule has 122 valence electrons. The van der Waals surface area contributed by atoms with Crippen molar-refractivity contribution in [1.29, 1.82) is 0 Å². The third-order valence-electron chi connectivity index (χ3n) is 3.33. The molecule has 0 aliphatic carbocycles. The molecule has 7 nitrogen and oxygen atoms in total. The number of hydrogen-bond donors (Lipinski definition) is 0. The normalized spacial score (nSPS) is 12.3. The average molecular weight is 327 g/mol. The van der Waals surface area contributed by atoms with Crippen LogP contribution in [0.4, 0.5) is 5.69 Å². The Kier molecular flexibility index (Phi) is 4.42. The van der Waals surface area contributed by atoms with Crippen molar-refractivity contribution in [3.63, 3.8) is 0 Å². The van der Waals surface area contributed by atoms with E-state index in [1.165, 1.54) is 24.3 Å². The molecule has 0 radical (unpaired) electrons. The van der Waals surface area contributed by atoms with Gasteiger partial charge in [-0.25, -0.2) is 4.79 Å². The molecule has 0 fully saturated rings. The van der Waals surface area contributed by atoms with E-state index in [9.17, 15) is 14.9 Å². The third-order valence-corrected chi connectivity index (χ3v) is 3.33. The number of fused-ring (bicyclic) bond motifs is 1. The van der Waals surface area contributed by atoms with E-state index in [-0.39, 0.29) is 19.1 Å². The van der Waals surface area contributed by atoms with Gasteiger partial charge < -0.3 is 14.2 Å². The molecule has 0 spiro atoms. The highest BCUT2D eigenvalue weighted by Gasteiger charge is 2.13. The molecule has 24 heavy (non-hydrogen) atoms. The first kappa shape index (κ1) is 15.5. The summed E-state index contributed by atoms with van der Waals surface area (Å²) >= 11 is 0. The fourth-order valence-electron chi connectivity index (χ4n) is 2.10. The smallest absolute Gasteiger partial charge is 0.331 e. The highest BCUT2D eigenvalue weighted by atomic mass is 16.7. The number of carbonyl (C=O) groups excluding carboxylic acids is 1. The number of ether oxygens (including phenoxy) is 3. The molecule has 0 bridgehead atoms. The summed E-state index contributed by atoms with van der Waals surface area (Å²) in [5.74, 6) is 0.791. The Morgan fingerprint density at radius 3 is 2.67 bits per heavy atom. The van der Waals surface area contributed by atoms with Crippen LogP contribution in [0.15, 0.2) is 48.5 Å². The van der Waals surface area contributed by atoms with Crippen molar-refractivity contribution in [1.82, 2.24) is 0 Å². The molecule has 0 N–H and O–H groups in total. The molecule has 1 heterocycles. The average Bonchev–Trinajstić information content (AvgIpc) is 3.06. The molecule has 0 amide bonds. The third kappa shape index (κ3) is 3.70. The number of esters is 1. The number of nitro benzene ring substituents is 1. The van der Waals surface area contributed by atoms with Gasteiger partial charge in [0, 0.05) is 18.2 Å². The topological polar surface area (TPSA) is 87.9 Å². The molecule has 1 aliphatic heterocycles. The lowest BCUT2D eigenvalue weighted by Gasteiger charge is -2.03. The van der Waals surface area contributed by atoms with Gasteiger partial charge in [0.05, 0.1) is 4.92 Å². The molecular formula is C17H13NO6. The lowest BCUT2D eigenvalue weighted by Crippen LogP contribution is -2.00. The first-order valence-corrected chi connectivity index (χ1v) is 7.09. The highest BCUT2D eigenvalue weighted by Crippen LogP contribution is 2.32. The predicted molar refractivity (Wildman–Crippen MR) is 84.5 cm³/mol. The minimum absolute atomic E-state index is 0.00228. The lowest BCUT2D eigenvalue weighted by molar-refractivity contribution is -0.384. The summed E-state index contributed by atoms with van der Waals surface area (Å²) in [5, 5.41) is 10.6. The summed E-state index contributed by atoms with van der Waals surface area (Å²) in [6.07, 6.45) is 2.81. The summed E-state index contributed by atoms with van der Waals surface area (Å²) in [5.41, 5.74) is 1.45. The maximum absolute atomic E-state index is 11.7. The zero-order valence-corrected chi connectivity index (χ0v) is 12.5. The van der Waals surface area contributed by atoms with Gasteiger partial charge in [-0.1, -0.05) is 6.07 Å². The number of carbonyl (C=O) groups is 1. The number of nitrogens with zero attached hydrogens (tertiary/aromatic N) is 1.